The molecule has 0 bridgehead atoms. The molecule has 3 N–H and O–H groups in total. The zero-order chi connectivity index (χ0) is 14.1. The van der Waals surface area contributed by atoms with Crippen molar-refractivity contribution in [1.82, 2.24) is 5.32 Å². The zero-order valence-electron chi connectivity index (χ0n) is 11.8. The van der Waals surface area contributed by atoms with Gasteiger partial charge in [0.05, 0.1) is 5.54 Å². The van der Waals surface area contributed by atoms with E-state index in [0.29, 0.717) is 6.54 Å². The third kappa shape index (κ3) is 3.47. The summed E-state index contributed by atoms with van der Waals surface area (Å²) in [5.41, 5.74) is 7.09. The van der Waals surface area contributed by atoms with Gasteiger partial charge < -0.3 is 15.8 Å². The van der Waals surface area contributed by atoms with Crippen molar-refractivity contribution in [1.29, 1.82) is 0 Å². The van der Waals surface area contributed by atoms with Gasteiger partial charge in [-0.3, -0.25) is 0 Å². The molecule has 0 saturated heterocycles. The van der Waals surface area contributed by atoms with Crippen LogP contribution in [0.25, 0.3) is 0 Å². The number of benzene rings is 1. The summed E-state index contributed by atoms with van der Waals surface area (Å²) < 4.78 is 5.31. The van der Waals surface area contributed by atoms with Crippen LogP contribution in [0.5, 0.6) is 0 Å². The highest BCUT2D eigenvalue weighted by Gasteiger charge is 2.46. The number of carbonyl (C=O) groups is 1. The van der Waals surface area contributed by atoms with Gasteiger partial charge in [-0.1, -0.05) is 24.3 Å². The lowest BCUT2D eigenvalue weighted by molar-refractivity contribution is 0.0495. The minimum atomic E-state index is -0.469. The van der Waals surface area contributed by atoms with Crippen molar-refractivity contribution in [3.8, 4) is 0 Å². The van der Waals surface area contributed by atoms with Gasteiger partial charge in [-0.15, -0.1) is 0 Å². The molecule has 0 atom stereocenters. The fourth-order valence-electron chi connectivity index (χ4n) is 2.07. The Hall–Kier alpha value is -1.55. The number of rotatable bonds is 3. The summed E-state index contributed by atoms with van der Waals surface area (Å²) in [6.07, 6.45) is 1.55. The van der Waals surface area contributed by atoms with Crippen LogP contribution >= 0.6 is 0 Å². The van der Waals surface area contributed by atoms with Crippen molar-refractivity contribution in [3.05, 3.63) is 35.4 Å². The molecule has 1 saturated carbocycles. The molecular weight excluding hydrogens is 240 g/mol. The second-order valence-electron chi connectivity index (χ2n) is 6.11. The molecule has 1 aliphatic rings. The van der Waals surface area contributed by atoms with Gasteiger partial charge in [0.1, 0.15) is 5.60 Å². The molecule has 4 heteroatoms. The Balaban J connectivity index is 2.04. The summed E-state index contributed by atoms with van der Waals surface area (Å²) in [6, 6.07) is 8.08. The highest BCUT2D eigenvalue weighted by Crippen LogP contribution is 2.45. The summed E-state index contributed by atoms with van der Waals surface area (Å²) in [6.45, 7) is 6.12. The van der Waals surface area contributed by atoms with E-state index in [1.807, 2.05) is 45.0 Å². The van der Waals surface area contributed by atoms with Crippen LogP contribution < -0.4 is 11.1 Å². The summed E-state index contributed by atoms with van der Waals surface area (Å²) in [5.74, 6) is 0. The van der Waals surface area contributed by atoms with Crippen molar-refractivity contribution in [2.75, 3.05) is 0 Å². The Morgan fingerprint density at radius 1 is 1.32 bits per heavy atom. The number of alkyl carbamates (subject to hydrolysis) is 1. The van der Waals surface area contributed by atoms with Gasteiger partial charge in [0.2, 0.25) is 0 Å². The summed E-state index contributed by atoms with van der Waals surface area (Å²) in [7, 11) is 0. The molecule has 0 unspecified atom stereocenters. The van der Waals surface area contributed by atoms with Crippen LogP contribution in [0.15, 0.2) is 24.3 Å². The summed E-state index contributed by atoms with van der Waals surface area (Å²) >= 11 is 0. The van der Waals surface area contributed by atoms with E-state index < -0.39 is 5.60 Å². The number of ether oxygens (including phenoxy) is 1. The van der Waals surface area contributed by atoms with E-state index in [9.17, 15) is 4.79 Å². The van der Waals surface area contributed by atoms with Gasteiger partial charge in [0.15, 0.2) is 0 Å². The van der Waals surface area contributed by atoms with E-state index in [0.717, 1.165) is 24.0 Å². The van der Waals surface area contributed by atoms with Crippen LogP contribution in [0.2, 0.25) is 0 Å². The van der Waals surface area contributed by atoms with E-state index in [1.54, 1.807) is 0 Å². The Labute approximate surface area is 114 Å². The van der Waals surface area contributed by atoms with Crippen molar-refractivity contribution in [2.24, 2.45) is 5.73 Å². The lowest BCUT2D eigenvalue weighted by atomic mass is 10.0. The fraction of sp³-hybridized carbons (Fsp3) is 0.533. The number of hydrogen-bond donors (Lipinski definition) is 2. The van der Waals surface area contributed by atoms with E-state index in [-0.39, 0.29) is 11.6 Å². The standard InChI is InChI=1S/C15H22N2O2/c1-14(2,3)19-13(18)17-15(8-9-15)12-6-4-11(10-16)5-7-12/h4-7H,8-10,16H2,1-3H3,(H,17,18). The second kappa shape index (κ2) is 4.85. The van der Waals surface area contributed by atoms with Gasteiger partial charge in [0, 0.05) is 6.54 Å². The minimum absolute atomic E-state index is 0.241. The Kier molecular flexibility index (Phi) is 3.54. The second-order valence-corrected chi connectivity index (χ2v) is 6.11. The molecule has 0 heterocycles. The normalized spacial score (nSPS) is 16.8. The van der Waals surface area contributed by atoms with Crippen LogP contribution in [-0.2, 0) is 16.8 Å². The van der Waals surface area contributed by atoms with Gasteiger partial charge in [-0.25, -0.2) is 4.79 Å². The van der Waals surface area contributed by atoms with Gasteiger partial charge in [0.25, 0.3) is 0 Å². The lowest BCUT2D eigenvalue weighted by Crippen LogP contribution is -2.39. The largest absolute Gasteiger partial charge is 0.444 e. The van der Waals surface area contributed by atoms with E-state index in [1.165, 1.54) is 0 Å². The van der Waals surface area contributed by atoms with E-state index in [2.05, 4.69) is 5.32 Å². The zero-order valence-corrected chi connectivity index (χ0v) is 11.8. The van der Waals surface area contributed by atoms with Crippen LogP contribution in [-0.4, -0.2) is 11.7 Å². The molecule has 0 spiro atoms. The first-order valence-corrected chi connectivity index (χ1v) is 6.65. The average Bonchev–Trinajstić information content (AvgIpc) is 3.07. The maximum Gasteiger partial charge on any atom is 0.408 e. The molecule has 1 aromatic rings. The smallest absolute Gasteiger partial charge is 0.408 e. The molecule has 1 amide bonds. The van der Waals surface area contributed by atoms with Crippen LogP contribution in [0.3, 0.4) is 0 Å². The maximum atomic E-state index is 11.9. The minimum Gasteiger partial charge on any atom is -0.444 e. The van der Waals surface area contributed by atoms with Crippen molar-refractivity contribution in [3.63, 3.8) is 0 Å². The molecule has 104 valence electrons. The molecule has 2 rings (SSSR count). The van der Waals surface area contributed by atoms with Gasteiger partial charge >= 0.3 is 6.09 Å². The molecule has 0 aliphatic heterocycles. The van der Waals surface area contributed by atoms with Gasteiger partial charge in [-0.2, -0.15) is 0 Å². The summed E-state index contributed by atoms with van der Waals surface area (Å²) in [4.78, 5) is 11.9. The quantitative estimate of drug-likeness (QED) is 0.880. The topological polar surface area (TPSA) is 64.3 Å². The molecule has 1 fully saturated rings. The summed E-state index contributed by atoms with van der Waals surface area (Å²) in [5, 5.41) is 2.99. The lowest BCUT2D eigenvalue weighted by Gasteiger charge is -2.23. The van der Waals surface area contributed by atoms with E-state index in [4.69, 9.17) is 10.5 Å². The van der Waals surface area contributed by atoms with Crippen LogP contribution in [0.1, 0.15) is 44.7 Å². The first kappa shape index (κ1) is 13.9. The predicted octanol–water partition coefficient (Wildman–Crippen LogP) is 2.66. The van der Waals surface area contributed by atoms with E-state index >= 15 is 0 Å². The molecular formula is C15H22N2O2. The predicted molar refractivity (Wildman–Crippen MR) is 74.6 cm³/mol. The number of amides is 1. The Morgan fingerprint density at radius 2 is 1.89 bits per heavy atom. The van der Waals surface area contributed by atoms with Crippen molar-refractivity contribution < 1.29 is 9.53 Å². The number of hydrogen-bond acceptors (Lipinski definition) is 3. The molecule has 0 aromatic heterocycles. The Morgan fingerprint density at radius 3 is 2.32 bits per heavy atom. The molecule has 1 aliphatic carbocycles. The first-order valence-electron chi connectivity index (χ1n) is 6.65. The number of carbonyl (C=O) groups excluding carboxylic acids is 1. The first-order chi connectivity index (χ1) is 8.85. The van der Waals surface area contributed by atoms with Crippen LogP contribution in [0, 0.1) is 0 Å². The molecule has 1 aromatic carbocycles. The number of nitrogens with one attached hydrogen (secondary N) is 1. The highest BCUT2D eigenvalue weighted by molar-refractivity contribution is 5.70. The fourth-order valence-corrected chi connectivity index (χ4v) is 2.07. The van der Waals surface area contributed by atoms with Gasteiger partial charge in [-0.05, 0) is 44.7 Å². The SMILES string of the molecule is CC(C)(C)OC(=O)NC1(c2ccc(CN)cc2)CC1. The van der Waals surface area contributed by atoms with Crippen LogP contribution in [0.4, 0.5) is 4.79 Å². The molecule has 19 heavy (non-hydrogen) atoms. The van der Waals surface area contributed by atoms with Crippen molar-refractivity contribution in [2.45, 2.75) is 51.3 Å². The average molecular weight is 262 g/mol. The molecule has 4 nitrogen and oxygen atoms in total. The third-order valence-corrected chi connectivity index (χ3v) is 3.23. The van der Waals surface area contributed by atoms with Crippen molar-refractivity contribution >= 4 is 6.09 Å². The number of nitrogens with two attached hydrogens (primary N) is 1. The highest BCUT2D eigenvalue weighted by atomic mass is 16.6. The molecule has 0 radical (unpaired) electrons. The monoisotopic (exact) mass is 262 g/mol. The third-order valence-electron chi connectivity index (χ3n) is 3.23. The maximum absolute atomic E-state index is 11.9. The Bertz CT molecular complexity index is 456.